The topological polar surface area (TPSA) is 151 Å². The van der Waals surface area contributed by atoms with Gasteiger partial charge in [0.2, 0.25) is 5.95 Å². The number of hydrogen-bond donors (Lipinski definition) is 4. The van der Waals surface area contributed by atoms with Gasteiger partial charge < -0.3 is 20.8 Å². The monoisotopic (exact) mass is 494 g/mol. The smallest absolute Gasteiger partial charge is 0.404 e. The second-order valence-electron chi connectivity index (χ2n) is 6.95. The van der Waals surface area contributed by atoms with Crippen molar-refractivity contribution in [3.8, 4) is 11.3 Å². The lowest BCUT2D eigenvalue weighted by Gasteiger charge is -2.12. The summed E-state index contributed by atoms with van der Waals surface area (Å²) in [6.07, 6.45) is 0.500. The van der Waals surface area contributed by atoms with Gasteiger partial charge in [0.1, 0.15) is 5.69 Å². The molecular weight excluding hydrogens is 474 g/mol. The lowest BCUT2D eigenvalue weighted by atomic mass is 10.1. The van der Waals surface area contributed by atoms with E-state index in [2.05, 4.69) is 15.6 Å². The average molecular weight is 494 g/mol. The summed E-state index contributed by atoms with van der Waals surface area (Å²) >= 11 is 0. The van der Waals surface area contributed by atoms with Crippen LogP contribution in [-0.2, 0) is 16.4 Å². The van der Waals surface area contributed by atoms with E-state index in [1.54, 1.807) is 0 Å². The molecule has 0 saturated carbocycles. The van der Waals surface area contributed by atoms with Gasteiger partial charge in [0, 0.05) is 36.6 Å². The minimum atomic E-state index is -4.54. The SMILES string of the molecule is O=C(O)NCCc1cn(S(=O)(=O)c2cccc(C(=O)NCCO)c2)c(-c2cccnc2F)c1F. The van der Waals surface area contributed by atoms with Crippen molar-refractivity contribution >= 4 is 22.0 Å². The third-order valence-corrected chi connectivity index (χ3v) is 6.37. The van der Waals surface area contributed by atoms with Crippen LogP contribution in [0.3, 0.4) is 0 Å². The summed E-state index contributed by atoms with van der Waals surface area (Å²) in [5, 5.41) is 22.0. The number of nitrogens with zero attached hydrogens (tertiary/aromatic N) is 2. The predicted octanol–water partition coefficient (Wildman–Crippen LogP) is 1.60. The highest BCUT2D eigenvalue weighted by atomic mass is 32.2. The highest BCUT2D eigenvalue weighted by Gasteiger charge is 2.29. The molecule has 180 valence electrons. The van der Waals surface area contributed by atoms with E-state index in [-0.39, 0.29) is 42.1 Å². The zero-order valence-corrected chi connectivity index (χ0v) is 18.3. The van der Waals surface area contributed by atoms with Crippen LogP contribution in [0.15, 0.2) is 53.7 Å². The fourth-order valence-corrected chi connectivity index (χ4v) is 4.60. The molecule has 3 aromatic rings. The Morgan fingerprint density at radius 2 is 1.85 bits per heavy atom. The standard InChI is InChI=1S/C21H20F2N4O6S/c22-17-14(6-8-26-21(30)31)12-27(18(17)16-5-2-7-24-19(16)23)34(32,33)15-4-1-3-13(11-15)20(29)25-9-10-28/h1-5,7,11-12,26,28H,6,8-10H2,(H,25,29)(H,30,31). The highest BCUT2D eigenvalue weighted by Crippen LogP contribution is 2.32. The van der Waals surface area contributed by atoms with E-state index >= 15 is 4.39 Å². The molecule has 0 saturated heterocycles. The molecule has 0 radical (unpaired) electrons. The Morgan fingerprint density at radius 1 is 1.09 bits per heavy atom. The molecule has 0 unspecified atom stereocenters. The molecule has 34 heavy (non-hydrogen) atoms. The van der Waals surface area contributed by atoms with Crippen LogP contribution in [0.2, 0.25) is 0 Å². The molecule has 2 heterocycles. The first-order valence-electron chi connectivity index (χ1n) is 9.89. The van der Waals surface area contributed by atoms with Crippen LogP contribution in [-0.4, -0.2) is 59.3 Å². The number of amides is 2. The third-order valence-electron chi connectivity index (χ3n) is 4.72. The lowest BCUT2D eigenvalue weighted by molar-refractivity contribution is 0.0944. The fraction of sp³-hybridized carbons (Fsp3) is 0.190. The molecule has 0 bridgehead atoms. The summed E-state index contributed by atoms with van der Waals surface area (Å²) in [7, 11) is -4.54. The molecule has 10 nitrogen and oxygen atoms in total. The number of rotatable bonds is 9. The summed E-state index contributed by atoms with van der Waals surface area (Å²) in [4.78, 5) is 26.0. The number of hydrogen-bond acceptors (Lipinski definition) is 6. The van der Waals surface area contributed by atoms with Gasteiger partial charge in [0.05, 0.1) is 17.1 Å². The minimum Gasteiger partial charge on any atom is -0.465 e. The highest BCUT2D eigenvalue weighted by molar-refractivity contribution is 7.90. The van der Waals surface area contributed by atoms with Crippen molar-refractivity contribution in [1.29, 1.82) is 0 Å². The van der Waals surface area contributed by atoms with E-state index in [0.717, 1.165) is 24.5 Å². The minimum absolute atomic E-state index is 0.0258. The van der Waals surface area contributed by atoms with Gasteiger partial charge >= 0.3 is 6.09 Å². The number of aliphatic hydroxyl groups excluding tert-OH is 1. The van der Waals surface area contributed by atoms with E-state index in [1.807, 2.05) is 0 Å². The molecule has 4 N–H and O–H groups in total. The molecular formula is C21H20F2N4O6S. The summed E-state index contributed by atoms with van der Waals surface area (Å²) < 4.78 is 57.2. The number of nitrogens with one attached hydrogen (secondary N) is 2. The van der Waals surface area contributed by atoms with Crippen LogP contribution >= 0.6 is 0 Å². The van der Waals surface area contributed by atoms with Crippen LogP contribution in [0, 0.1) is 11.8 Å². The number of aliphatic hydroxyl groups is 1. The molecule has 13 heteroatoms. The van der Waals surface area contributed by atoms with Gasteiger partial charge in [-0.2, -0.15) is 4.39 Å². The molecule has 0 spiro atoms. The summed E-state index contributed by atoms with van der Waals surface area (Å²) in [5.74, 6) is -2.80. The maximum absolute atomic E-state index is 15.3. The van der Waals surface area contributed by atoms with E-state index in [0.29, 0.717) is 3.97 Å². The van der Waals surface area contributed by atoms with Crippen molar-refractivity contribution < 1.29 is 37.0 Å². The summed E-state index contributed by atoms with van der Waals surface area (Å²) in [6, 6.07) is 7.37. The molecule has 0 atom stereocenters. The van der Waals surface area contributed by atoms with Gasteiger partial charge in [0.15, 0.2) is 5.82 Å². The van der Waals surface area contributed by atoms with Crippen LogP contribution in [0.1, 0.15) is 15.9 Å². The lowest BCUT2D eigenvalue weighted by Crippen LogP contribution is -2.26. The van der Waals surface area contributed by atoms with E-state index < -0.39 is 45.0 Å². The first-order chi connectivity index (χ1) is 16.2. The fourth-order valence-electron chi connectivity index (χ4n) is 3.16. The second kappa shape index (κ2) is 10.4. The first-order valence-corrected chi connectivity index (χ1v) is 11.3. The molecule has 1 aromatic carbocycles. The van der Waals surface area contributed by atoms with Crippen LogP contribution in [0.5, 0.6) is 0 Å². The first kappa shape index (κ1) is 24.8. The van der Waals surface area contributed by atoms with Gasteiger partial charge in [-0.1, -0.05) is 6.07 Å². The van der Waals surface area contributed by atoms with Crippen LogP contribution < -0.4 is 10.6 Å². The van der Waals surface area contributed by atoms with E-state index in [4.69, 9.17) is 10.2 Å². The van der Waals surface area contributed by atoms with Crippen molar-refractivity contribution in [2.75, 3.05) is 19.7 Å². The maximum Gasteiger partial charge on any atom is 0.404 e. The predicted molar refractivity (Wildman–Crippen MR) is 116 cm³/mol. The molecule has 0 aliphatic heterocycles. The van der Waals surface area contributed by atoms with E-state index in [1.165, 1.54) is 24.3 Å². The van der Waals surface area contributed by atoms with Gasteiger partial charge in [0.25, 0.3) is 15.9 Å². The number of benzene rings is 1. The molecule has 2 amide bonds. The number of carbonyl (C=O) groups is 2. The second-order valence-corrected chi connectivity index (χ2v) is 8.76. The molecule has 3 rings (SSSR count). The Kier molecular flexibility index (Phi) is 7.58. The van der Waals surface area contributed by atoms with Gasteiger partial charge in [-0.05, 0) is 36.8 Å². The van der Waals surface area contributed by atoms with Gasteiger partial charge in [-0.25, -0.2) is 26.6 Å². The Morgan fingerprint density at radius 3 is 2.53 bits per heavy atom. The Balaban J connectivity index is 2.13. The summed E-state index contributed by atoms with van der Waals surface area (Å²) in [6.45, 7) is -0.575. The largest absolute Gasteiger partial charge is 0.465 e. The van der Waals surface area contributed by atoms with Crippen LogP contribution in [0.25, 0.3) is 11.3 Å². The van der Waals surface area contributed by atoms with Crippen LogP contribution in [0.4, 0.5) is 13.6 Å². The van der Waals surface area contributed by atoms with Crippen molar-refractivity contribution in [2.24, 2.45) is 0 Å². The molecule has 2 aromatic heterocycles. The maximum atomic E-state index is 15.3. The quantitative estimate of drug-likeness (QED) is 0.330. The molecule has 0 fully saturated rings. The van der Waals surface area contributed by atoms with Gasteiger partial charge in [-0.15, -0.1) is 0 Å². The Hall–Kier alpha value is -3.84. The molecule has 0 aliphatic carbocycles. The zero-order valence-electron chi connectivity index (χ0n) is 17.5. The van der Waals surface area contributed by atoms with Gasteiger partial charge in [-0.3, -0.25) is 4.79 Å². The Bertz CT molecular complexity index is 1330. The number of pyridine rings is 1. The number of halogens is 2. The normalized spacial score (nSPS) is 11.3. The summed E-state index contributed by atoms with van der Waals surface area (Å²) in [5.41, 5.74) is -1.24. The van der Waals surface area contributed by atoms with Crippen molar-refractivity contribution in [3.63, 3.8) is 0 Å². The van der Waals surface area contributed by atoms with E-state index in [9.17, 15) is 22.4 Å². The third kappa shape index (κ3) is 5.21. The number of carboxylic acid groups (broad SMARTS) is 1. The van der Waals surface area contributed by atoms with Crippen molar-refractivity contribution in [2.45, 2.75) is 11.3 Å². The van der Waals surface area contributed by atoms with Crippen molar-refractivity contribution in [1.82, 2.24) is 19.6 Å². The average Bonchev–Trinajstić information content (AvgIpc) is 3.14. The Labute approximate surface area is 192 Å². The van der Waals surface area contributed by atoms with Crippen molar-refractivity contribution in [3.05, 3.63) is 71.7 Å². The molecule has 0 aliphatic rings. The number of carbonyl (C=O) groups excluding carboxylic acids is 1. The zero-order chi connectivity index (χ0) is 24.9. The number of aromatic nitrogens is 2.